The zero-order valence-electron chi connectivity index (χ0n) is 18.2. The van der Waals surface area contributed by atoms with E-state index in [1.807, 2.05) is 4.90 Å². The Bertz CT molecular complexity index is 976. The van der Waals surface area contributed by atoms with E-state index >= 15 is 0 Å². The van der Waals surface area contributed by atoms with E-state index in [-0.39, 0.29) is 29.9 Å². The number of carbonyl (C=O) groups excluding carboxylic acids is 1. The summed E-state index contributed by atoms with van der Waals surface area (Å²) in [6.45, 7) is 1.37. The monoisotopic (exact) mass is 473 g/mol. The van der Waals surface area contributed by atoms with Crippen molar-refractivity contribution in [3.63, 3.8) is 0 Å². The Balaban J connectivity index is 1.60. The highest BCUT2D eigenvalue weighted by atomic mass is 32.2. The van der Waals surface area contributed by atoms with Crippen molar-refractivity contribution in [1.29, 1.82) is 0 Å². The van der Waals surface area contributed by atoms with E-state index < -0.39 is 27.2 Å². The number of amides is 1. The molecule has 1 aliphatic carbocycles. The van der Waals surface area contributed by atoms with E-state index in [0.717, 1.165) is 38.0 Å². The van der Waals surface area contributed by atoms with Crippen molar-refractivity contribution in [2.24, 2.45) is 5.41 Å². The van der Waals surface area contributed by atoms with Gasteiger partial charge < -0.3 is 9.80 Å². The van der Waals surface area contributed by atoms with Crippen LogP contribution in [0.25, 0.3) is 0 Å². The summed E-state index contributed by atoms with van der Waals surface area (Å²) in [5.41, 5.74) is -1.66. The molecule has 1 N–H and O–H groups in total. The van der Waals surface area contributed by atoms with Crippen molar-refractivity contribution < 1.29 is 26.4 Å². The molecule has 10 heteroatoms. The third-order valence-electron chi connectivity index (χ3n) is 7.08. The fourth-order valence-electron chi connectivity index (χ4n) is 5.62. The van der Waals surface area contributed by atoms with Crippen LogP contribution in [0.4, 0.5) is 24.5 Å². The highest BCUT2D eigenvalue weighted by molar-refractivity contribution is 7.92. The summed E-state index contributed by atoms with van der Waals surface area (Å²) in [5.74, 6) is 0.0954. The van der Waals surface area contributed by atoms with Gasteiger partial charge in [0.25, 0.3) is 0 Å². The Labute approximate surface area is 187 Å². The Morgan fingerprint density at radius 1 is 1.06 bits per heavy atom. The first-order valence-electron chi connectivity index (χ1n) is 11.2. The lowest BCUT2D eigenvalue weighted by Gasteiger charge is -2.42. The minimum atomic E-state index is -4.65. The minimum absolute atomic E-state index is 0.000424. The van der Waals surface area contributed by atoms with E-state index in [0.29, 0.717) is 32.4 Å². The lowest BCUT2D eigenvalue weighted by Crippen LogP contribution is -2.50. The van der Waals surface area contributed by atoms with Crippen molar-refractivity contribution in [2.45, 2.75) is 63.6 Å². The van der Waals surface area contributed by atoms with Gasteiger partial charge >= 0.3 is 6.18 Å². The topological polar surface area (TPSA) is 69.7 Å². The van der Waals surface area contributed by atoms with E-state index in [4.69, 9.17) is 0 Å². The molecule has 3 fully saturated rings. The number of carbonyl (C=O) groups is 1. The highest BCUT2D eigenvalue weighted by Gasteiger charge is 2.51. The van der Waals surface area contributed by atoms with Crippen molar-refractivity contribution in [1.82, 2.24) is 4.90 Å². The molecular formula is C22H30F3N3O3S. The van der Waals surface area contributed by atoms with Crippen molar-refractivity contribution >= 4 is 27.3 Å². The normalized spacial score (nSPS) is 25.6. The number of likely N-dealkylation sites (tertiary alicyclic amines) is 1. The third-order valence-corrected chi connectivity index (χ3v) is 7.69. The average Bonchev–Trinajstić information content (AvgIpc) is 3.02. The molecule has 0 unspecified atom stereocenters. The molecule has 1 atom stereocenters. The van der Waals surface area contributed by atoms with Crippen LogP contribution in [0.2, 0.25) is 0 Å². The summed E-state index contributed by atoms with van der Waals surface area (Å²) in [7, 11) is -3.70. The van der Waals surface area contributed by atoms with E-state index in [1.165, 1.54) is 18.6 Å². The molecule has 0 bridgehead atoms. The maximum Gasteiger partial charge on any atom is 0.418 e. The maximum atomic E-state index is 13.9. The van der Waals surface area contributed by atoms with E-state index in [2.05, 4.69) is 4.72 Å². The minimum Gasteiger partial charge on any atom is -0.370 e. The number of piperidine rings is 1. The predicted molar refractivity (Wildman–Crippen MR) is 117 cm³/mol. The standard InChI is InChI=1S/C22H30F3N3O3S/c1-32(30,31)26-16-8-9-19(18(14-16)22(23,24)25)27-12-5-10-21(15-27)11-13-28(20(21)29)17-6-3-2-4-7-17/h8-9,14,17,26H,2-7,10-13,15H2,1H3/t21-/m1/s1. The molecule has 178 valence electrons. The number of sulfonamides is 1. The van der Waals surface area contributed by atoms with Crippen LogP contribution in [0.1, 0.15) is 56.9 Å². The van der Waals surface area contributed by atoms with Gasteiger partial charge in [0.05, 0.1) is 17.2 Å². The zero-order valence-corrected chi connectivity index (χ0v) is 19.1. The van der Waals surface area contributed by atoms with Gasteiger partial charge in [0.15, 0.2) is 0 Å². The zero-order chi connectivity index (χ0) is 23.1. The predicted octanol–water partition coefficient (Wildman–Crippen LogP) is 4.23. The van der Waals surface area contributed by atoms with Gasteiger partial charge in [0.1, 0.15) is 0 Å². The summed E-state index contributed by atoms with van der Waals surface area (Å²) in [6.07, 6.45) is 3.72. The molecule has 2 aliphatic heterocycles. The van der Waals surface area contributed by atoms with Crippen molar-refractivity contribution in [3.05, 3.63) is 23.8 Å². The highest BCUT2D eigenvalue weighted by Crippen LogP contribution is 2.46. The van der Waals surface area contributed by atoms with Gasteiger partial charge in [-0.1, -0.05) is 19.3 Å². The van der Waals surface area contributed by atoms with Crippen molar-refractivity contribution in [2.75, 3.05) is 35.5 Å². The number of hydrogen-bond donors (Lipinski definition) is 1. The molecule has 3 aliphatic rings. The van der Waals surface area contributed by atoms with Gasteiger partial charge in [0, 0.05) is 37.1 Å². The third kappa shape index (κ3) is 4.70. The Hall–Kier alpha value is -1.97. The Kier molecular flexibility index (Phi) is 6.11. The van der Waals surface area contributed by atoms with Crippen molar-refractivity contribution in [3.8, 4) is 0 Å². The number of anilines is 2. The quantitative estimate of drug-likeness (QED) is 0.711. The van der Waals surface area contributed by atoms with Crippen LogP contribution in [0.15, 0.2) is 18.2 Å². The Morgan fingerprint density at radius 2 is 1.78 bits per heavy atom. The molecular weight excluding hydrogens is 443 g/mol. The number of benzene rings is 1. The maximum absolute atomic E-state index is 13.9. The fourth-order valence-corrected chi connectivity index (χ4v) is 6.18. The molecule has 0 aromatic heterocycles. The largest absolute Gasteiger partial charge is 0.418 e. The first kappa shape index (κ1) is 23.2. The summed E-state index contributed by atoms with van der Waals surface area (Å²) in [4.78, 5) is 17.1. The molecule has 6 nitrogen and oxygen atoms in total. The SMILES string of the molecule is CS(=O)(=O)Nc1ccc(N2CCC[C@@]3(CCN(C4CCCCC4)C3=O)C2)c(C(F)(F)F)c1. The van der Waals surface area contributed by atoms with Gasteiger partial charge in [0.2, 0.25) is 15.9 Å². The van der Waals surface area contributed by atoms with Gasteiger partial charge in [-0.3, -0.25) is 9.52 Å². The smallest absolute Gasteiger partial charge is 0.370 e. The lowest BCUT2D eigenvalue weighted by atomic mass is 9.78. The van der Waals surface area contributed by atoms with Crippen LogP contribution >= 0.6 is 0 Å². The molecule has 1 aromatic carbocycles. The van der Waals surface area contributed by atoms with Crippen LogP contribution in [0.5, 0.6) is 0 Å². The van der Waals surface area contributed by atoms with Gasteiger partial charge in [-0.15, -0.1) is 0 Å². The second kappa shape index (κ2) is 8.43. The molecule has 4 rings (SSSR count). The van der Waals surface area contributed by atoms with Crippen LogP contribution in [-0.4, -0.2) is 51.2 Å². The van der Waals surface area contributed by atoms with Gasteiger partial charge in [-0.2, -0.15) is 13.2 Å². The number of hydrogen-bond acceptors (Lipinski definition) is 4. The second-order valence-electron chi connectivity index (χ2n) is 9.45. The van der Waals surface area contributed by atoms with E-state index in [9.17, 15) is 26.4 Å². The fraction of sp³-hybridized carbons (Fsp3) is 0.682. The molecule has 0 radical (unpaired) electrons. The summed E-state index contributed by atoms with van der Waals surface area (Å²) >= 11 is 0. The van der Waals surface area contributed by atoms with Crippen LogP contribution in [0, 0.1) is 5.41 Å². The van der Waals surface area contributed by atoms with Gasteiger partial charge in [-0.05, 0) is 50.3 Å². The second-order valence-corrected chi connectivity index (χ2v) is 11.2. The first-order chi connectivity index (χ1) is 15.0. The molecule has 32 heavy (non-hydrogen) atoms. The molecule has 1 saturated carbocycles. The summed E-state index contributed by atoms with van der Waals surface area (Å²) < 4.78 is 66.7. The van der Waals surface area contributed by atoms with Crippen LogP contribution < -0.4 is 9.62 Å². The van der Waals surface area contributed by atoms with Crippen LogP contribution in [0.3, 0.4) is 0 Å². The lowest BCUT2D eigenvalue weighted by molar-refractivity contribution is -0.139. The molecule has 2 heterocycles. The van der Waals surface area contributed by atoms with E-state index in [1.54, 1.807) is 4.90 Å². The molecule has 2 saturated heterocycles. The molecule has 1 amide bonds. The molecule has 1 spiro atoms. The summed E-state index contributed by atoms with van der Waals surface area (Å²) in [6, 6.07) is 3.76. The number of nitrogens with zero attached hydrogens (tertiary/aromatic N) is 2. The number of rotatable bonds is 4. The number of nitrogens with one attached hydrogen (secondary N) is 1. The number of halogens is 3. The summed E-state index contributed by atoms with van der Waals surface area (Å²) in [5, 5.41) is 0. The average molecular weight is 474 g/mol. The number of alkyl halides is 3. The Morgan fingerprint density at radius 3 is 2.44 bits per heavy atom. The molecule has 1 aromatic rings. The first-order valence-corrected chi connectivity index (χ1v) is 13.1. The van der Waals surface area contributed by atoms with Crippen LogP contribution in [-0.2, 0) is 21.0 Å². The van der Waals surface area contributed by atoms with Gasteiger partial charge in [-0.25, -0.2) is 8.42 Å².